The Balaban J connectivity index is 2.19. The Morgan fingerprint density at radius 3 is 2.58 bits per heavy atom. The van der Waals surface area contributed by atoms with Crippen molar-refractivity contribution in [3.63, 3.8) is 0 Å². The molecule has 0 aromatic heterocycles. The molecule has 1 N–H and O–H groups in total. The number of ketones is 1. The predicted octanol–water partition coefficient (Wildman–Crippen LogP) is 1.09. The van der Waals surface area contributed by atoms with Gasteiger partial charge in [0.25, 0.3) is 0 Å². The van der Waals surface area contributed by atoms with Gasteiger partial charge in [0.2, 0.25) is 0 Å². The number of aliphatic hydroxyl groups is 1. The van der Waals surface area contributed by atoms with Gasteiger partial charge in [0, 0.05) is 6.42 Å². The molecule has 1 aromatic rings. The fraction of sp³-hybridized carbons (Fsp3) is 0.429. The molecule has 0 radical (unpaired) electrons. The monoisotopic (exact) mass is 266 g/mol. The van der Waals surface area contributed by atoms with Gasteiger partial charge >= 0.3 is 5.97 Å². The molecule has 104 valence electrons. The van der Waals surface area contributed by atoms with E-state index in [0.29, 0.717) is 6.61 Å². The zero-order valence-corrected chi connectivity index (χ0v) is 10.9. The molecule has 0 aliphatic heterocycles. The minimum atomic E-state index is -0.902. The van der Waals surface area contributed by atoms with Crippen LogP contribution in [0.25, 0.3) is 0 Å². The number of rotatable bonds is 8. The second kappa shape index (κ2) is 8.39. The summed E-state index contributed by atoms with van der Waals surface area (Å²) in [4.78, 5) is 22.2. The minimum Gasteiger partial charge on any atom is -0.469 e. The van der Waals surface area contributed by atoms with Crippen LogP contribution in [0, 0.1) is 0 Å². The van der Waals surface area contributed by atoms with Gasteiger partial charge in [-0.15, -0.1) is 0 Å². The van der Waals surface area contributed by atoms with Crippen molar-refractivity contribution in [3.05, 3.63) is 35.9 Å². The topological polar surface area (TPSA) is 72.8 Å². The Kier molecular flexibility index (Phi) is 6.78. The zero-order chi connectivity index (χ0) is 14.1. The van der Waals surface area contributed by atoms with Crippen molar-refractivity contribution >= 4 is 11.8 Å². The maximum absolute atomic E-state index is 11.3. The molecular weight excluding hydrogens is 248 g/mol. The normalized spacial score (nSPS) is 11.9. The molecule has 1 rings (SSSR count). The number of hydrogen-bond acceptors (Lipinski definition) is 5. The molecule has 0 unspecified atom stereocenters. The van der Waals surface area contributed by atoms with Gasteiger partial charge in [-0.3, -0.25) is 9.59 Å². The van der Waals surface area contributed by atoms with Crippen molar-refractivity contribution in [1.82, 2.24) is 0 Å². The van der Waals surface area contributed by atoms with Crippen LogP contribution in [0.15, 0.2) is 30.3 Å². The van der Waals surface area contributed by atoms with Gasteiger partial charge in [-0.05, 0) is 5.56 Å². The lowest BCUT2D eigenvalue weighted by molar-refractivity contribution is -0.143. The summed E-state index contributed by atoms with van der Waals surface area (Å²) in [7, 11) is 1.22. The Bertz CT molecular complexity index is 402. The highest BCUT2D eigenvalue weighted by Crippen LogP contribution is 2.03. The van der Waals surface area contributed by atoms with Crippen molar-refractivity contribution in [2.45, 2.75) is 25.6 Å². The summed E-state index contributed by atoms with van der Waals surface area (Å²) in [5, 5.41) is 9.59. The molecule has 1 atom stereocenters. The summed E-state index contributed by atoms with van der Waals surface area (Å²) in [5.74, 6) is -0.954. The van der Waals surface area contributed by atoms with Crippen LogP contribution in [-0.2, 0) is 25.7 Å². The molecule has 0 saturated heterocycles. The molecule has 0 bridgehead atoms. The molecule has 0 saturated carbocycles. The van der Waals surface area contributed by atoms with Gasteiger partial charge in [0.1, 0.15) is 12.2 Å². The maximum atomic E-state index is 11.3. The second-order valence-corrected chi connectivity index (χ2v) is 4.15. The van der Waals surface area contributed by atoms with Crippen molar-refractivity contribution in [1.29, 1.82) is 0 Å². The van der Waals surface area contributed by atoms with Gasteiger partial charge in [-0.2, -0.15) is 0 Å². The summed E-state index contributed by atoms with van der Waals surface area (Å²) < 4.78 is 9.66. The van der Waals surface area contributed by atoms with E-state index in [-0.39, 0.29) is 25.2 Å². The fourth-order valence-electron chi connectivity index (χ4n) is 1.51. The highest BCUT2D eigenvalue weighted by molar-refractivity contribution is 5.95. The Morgan fingerprint density at radius 1 is 1.26 bits per heavy atom. The number of benzene rings is 1. The quantitative estimate of drug-likeness (QED) is 0.563. The molecule has 5 heteroatoms. The van der Waals surface area contributed by atoms with Crippen molar-refractivity contribution in [3.8, 4) is 0 Å². The number of aliphatic hydroxyl groups excluding tert-OH is 1. The molecule has 0 aliphatic rings. The Labute approximate surface area is 112 Å². The first-order chi connectivity index (χ1) is 9.11. The van der Waals surface area contributed by atoms with Crippen LogP contribution in [0.1, 0.15) is 18.4 Å². The highest BCUT2D eigenvalue weighted by atomic mass is 16.5. The maximum Gasteiger partial charge on any atom is 0.313 e. The molecule has 0 aliphatic carbocycles. The number of carbonyl (C=O) groups excluding carboxylic acids is 2. The smallest absolute Gasteiger partial charge is 0.313 e. The molecule has 0 heterocycles. The van der Waals surface area contributed by atoms with Gasteiger partial charge in [0.15, 0.2) is 0 Å². The number of methoxy groups -OCH3 is 1. The molecule has 0 spiro atoms. The Hall–Kier alpha value is -1.72. The molecule has 0 fully saturated rings. The van der Waals surface area contributed by atoms with E-state index in [4.69, 9.17) is 4.74 Å². The number of esters is 1. The van der Waals surface area contributed by atoms with E-state index in [1.165, 1.54) is 7.11 Å². The minimum absolute atomic E-state index is 0.0573. The first-order valence-corrected chi connectivity index (χ1v) is 6.00. The lowest BCUT2D eigenvalue weighted by Gasteiger charge is -2.10. The van der Waals surface area contributed by atoms with Gasteiger partial charge in [-0.1, -0.05) is 30.3 Å². The Morgan fingerprint density at radius 2 is 1.95 bits per heavy atom. The standard InChI is InChI=1S/C14H18O5/c1-18-14(17)8-12(15)7-13(16)10-19-9-11-5-3-2-4-6-11/h2-6,13,16H,7-10H2,1H3/t13-/m0/s1. The number of ether oxygens (including phenoxy) is 2. The van der Waals surface area contributed by atoms with E-state index in [9.17, 15) is 14.7 Å². The average Bonchev–Trinajstić information content (AvgIpc) is 2.39. The van der Waals surface area contributed by atoms with E-state index in [0.717, 1.165) is 5.56 Å². The predicted molar refractivity (Wildman–Crippen MR) is 68.4 cm³/mol. The van der Waals surface area contributed by atoms with Crippen molar-refractivity contribution in [2.75, 3.05) is 13.7 Å². The molecule has 5 nitrogen and oxygen atoms in total. The molecule has 0 amide bonds. The van der Waals surface area contributed by atoms with Crippen LogP contribution >= 0.6 is 0 Å². The third-order valence-electron chi connectivity index (χ3n) is 2.45. The van der Waals surface area contributed by atoms with E-state index < -0.39 is 12.1 Å². The van der Waals surface area contributed by atoms with Gasteiger partial charge < -0.3 is 14.6 Å². The zero-order valence-electron chi connectivity index (χ0n) is 10.9. The summed E-state index contributed by atoms with van der Waals surface area (Å²) >= 11 is 0. The van der Waals surface area contributed by atoms with Crippen LogP contribution in [0.2, 0.25) is 0 Å². The second-order valence-electron chi connectivity index (χ2n) is 4.15. The first kappa shape index (κ1) is 15.3. The summed E-state index contributed by atoms with van der Waals surface area (Å²) in [6.45, 7) is 0.435. The highest BCUT2D eigenvalue weighted by Gasteiger charge is 2.14. The van der Waals surface area contributed by atoms with Gasteiger partial charge in [0.05, 0.1) is 26.4 Å². The molecule has 1 aromatic carbocycles. The average molecular weight is 266 g/mol. The SMILES string of the molecule is COC(=O)CC(=O)C[C@H](O)COCc1ccccc1. The van der Waals surface area contributed by atoms with E-state index in [2.05, 4.69) is 4.74 Å². The number of carbonyl (C=O) groups is 2. The van der Waals surface area contributed by atoms with Crippen LogP contribution < -0.4 is 0 Å². The lowest BCUT2D eigenvalue weighted by Crippen LogP contribution is -2.21. The van der Waals surface area contributed by atoms with Gasteiger partial charge in [-0.25, -0.2) is 0 Å². The van der Waals surface area contributed by atoms with E-state index in [1.54, 1.807) is 0 Å². The van der Waals surface area contributed by atoms with E-state index in [1.807, 2.05) is 30.3 Å². The fourth-order valence-corrected chi connectivity index (χ4v) is 1.51. The number of Topliss-reactive ketones (excluding diaryl/α,β-unsaturated/α-hetero) is 1. The van der Waals surface area contributed by atoms with Crippen molar-refractivity contribution in [2.24, 2.45) is 0 Å². The summed E-state index contributed by atoms with van der Waals surface area (Å²) in [6.07, 6.45) is -1.32. The van der Waals surface area contributed by atoms with Crippen LogP contribution in [0.5, 0.6) is 0 Å². The molecular formula is C14H18O5. The largest absolute Gasteiger partial charge is 0.469 e. The van der Waals surface area contributed by atoms with E-state index >= 15 is 0 Å². The first-order valence-electron chi connectivity index (χ1n) is 6.00. The lowest BCUT2D eigenvalue weighted by atomic mass is 10.1. The van der Waals surface area contributed by atoms with Crippen LogP contribution in [-0.4, -0.2) is 36.7 Å². The summed E-state index contributed by atoms with van der Waals surface area (Å²) in [6, 6.07) is 9.53. The molecule has 19 heavy (non-hydrogen) atoms. The third kappa shape index (κ3) is 6.69. The summed E-state index contributed by atoms with van der Waals surface area (Å²) in [5.41, 5.74) is 0.996. The number of hydrogen-bond donors (Lipinski definition) is 1. The van der Waals surface area contributed by atoms with Crippen LogP contribution in [0.3, 0.4) is 0 Å². The third-order valence-corrected chi connectivity index (χ3v) is 2.45. The van der Waals surface area contributed by atoms with Crippen LogP contribution in [0.4, 0.5) is 0 Å². The van der Waals surface area contributed by atoms with Crippen molar-refractivity contribution < 1.29 is 24.2 Å².